The van der Waals surface area contributed by atoms with Crippen LogP contribution in [0.5, 0.6) is 0 Å². The minimum absolute atomic E-state index is 0.477. The van der Waals surface area contributed by atoms with E-state index in [1.54, 1.807) is 0 Å². The molecule has 0 radical (unpaired) electrons. The Kier molecular flexibility index (Phi) is 5.20. The van der Waals surface area contributed by atoms with Gasteiger partial charge in [-0.05, 0) is 62.9 Å². The van der Waals surface area contributed by atoms with E-state index >= 15 is 0 Å². The molecular formula is C18H27ClN2. The van der Waals surface area contributed by atoms with E-state index in [0.29, 0.717) is 12.1 Å². The molecule has 1 aromatic rings. The Morgan fingerprint density at radius 1 is 1.14 bits per heavy atom. The molecule has 0 aromatic heterocycles. The quantitative estimate of drug-likeness (QED) is 0.838. The highest BCUT2D eigenvalue weighted by molar-refractivity contribution is 6.30. The molecule has 1 N–H and O–H groups in total. The summed E-state index contributed by atoms with van der Waals surface area (Å²) in [6, 6.07) is 10.4. The molecule has 1 aliphatic carbocycles. The van der Waals surface area contributed by atoms with Crippen molar-refractivity contribution in [2.45, 2.75) is 63.6 Å². The second kappa shape index (κ2) is 7.13. The monoisotopic (exact) mass is 306 g/mol. The van der Waals surface area contributed by atoms with E-state index in [4.69, 9.17) is 11.6 Å². The number of halogens is 1. The van der Waals surface area contributed by atoms with E-state index in [2.05, 4.69) is 29.3 Å². The van der Waals surface area contributed by atoms with Gasteiger partial charge in [-0.25, -0.2) is 0 Å². The van der Waals surface area contributed by atoms with Gasteiger partial charge in [-0.2, -0.15) is 0 Å². The molecule has 0 bridgehead atoms. The zero-order valence-corrected chi connectivity index (χ0v) is 13.8. The van der Waals surface area contributed by atoms with Crippen LogP contribution in [0.1, 0.15) is 57.1 Å². The molecule has 1 saturated heterocycles. The van der Waals surface area contributed by atoms with Crippen molar-refractivity contribution in [2.75, 3.05) is 13.1 Å². The summed E-state index contributed by atoms with van der Waals surface area (Å²) in [5.74, 6) is 0. The van der Waals surface area contributed by atoms with Crippen molar-refractivity contribution in [3.63, 3.8) is 0 Å². The predicted molar refractivity (Wildman–Crippen MR) is 89.9 cm³/mol. The molecule has 1 heterocycles. The van der Waals surface area contributed by atoms with Crippen LogP contribution in [-0.2, 0) is 0 Å². The number of piperidine rings is 1. The lowest BCUT2D eigenvalue weighted by Gasteiger charge is -2.35. The van der Waals surface area contributed by atoms with Gasteiger partial charge < -0.3 is 10.2 Å². The number of nitrogens with one attached hydrogen (secondary N) is 1. The van der Waals surface area contributed by atoms with Crippen molar-refractivity contribution in [2.24, 2.45) is 0 Å². The fourth-order valence-electron chi connectivity index (χ4n) is 3.49. The fourth-order valence-corrected chi connectivity index (χ4v) is 3.61. The summed E-state index contributed by atoms with van der Waals surface area (Å²) in [5, 5.41) is 4.73. The topological polar surface area (TPSA) is 15.3 Å². The van der Waals surface area contributed by atoms with Gasteiger partial charge in [0, 0.05) is 23.1 Å². The number of hydrogen-bond donors (Lipinski definition) is 1. The molecule has 2 nitrogen and oxygen atoms in total. The van der Waals surface area contributed by atoms with Crippen molar-refractivity contribution in [3.8, 4) is 0 Å². The third-order valence-electron chi connectivity index (χ3n) is 4.88. The van der Waals surface area contributed by atoms with E-state index < -0.39 is 0 Å². The molecule has 3 rings (SSSR count). The summed E-state index contributed by atoms with van der Waals surface area (Å²) >= 11 is 6.01. The Labute approximate surface area is 133 Å². The Bertz CT molecular complexity index is 433. The molecule has 3 heteroatoms. The molecular weight excluding hydrogens is 280 g/mol. The first-order valence-corrected chi connectivity index (χ1v) is 8.89. The average Bonchev–Trinajstić information content (AvgIpc) is 3.33. The van der Waals surface area contributed by atoms with E-state index in [1.807, 2.05) is 12.1 Å². The number of rotatable bonds is 6. The van der Waals surface area contributed by atoms with Crippen molar-refractivity contribution in [1.82, 2.24) is 10.2 Å². The van der Waals surface area contributed by atoms with E-state index in [-0.39, 0.29) is 0 Å². The van der Waals surface area contributed by atoms with Gasteiger partial charge in [0.25, 0.3) is 0 Å². The van der Waals surface area contributed by atoms with Crippen LogP contribution in [0.25, 0.3) is 0 Å². The minimum atomic E-state index is 0.477. The van der Waals surface area contributed by atoms with Gasteiger partial charge in [0.2, 0.25) is 0 Å². The molecule has 116 valence electrons. The van der Waals surface area contributed by atoms with E-state index in [9.17, 15) is 0 Å². The normalized spacial score (nSPS) is 22.4. The van der Waals surface area contributed by atoms with Crippen molar-refractivity contribution >= 4 is 11.6 Å². The molecule has 1 atom stereocenters. The average molecular weight is 307 g/mol. The highest BCUT2D eigenvalue weighted by Gasteiger charge is 2.32. The lowest BCUT2D eigenvalue weighted by Crippen LogP contribution is -2.44. The Hall–Kier alpha value is -0.570. The summed E-state index contributed by atoms with van der Waals surface area (Å²) in [7, 11) is 0. The first-order chi connectivity index (χ1) is 10.3. The van der Waals surface area contributed by atoms with Gasteiger partial charge in [0.1, 0.15) is 0 Å². The summed E-state index contributed by atoms with van der Waals surface area (Å²) in [6.45, 7) is 4.82. The lowest BCUT2D eigenvalue weighted by atomic mass is 9.98. The summed E-state index contributed by atoms with van der Waals surface area (Å²) in [5.41, 5.74) is 1.38. The standard InChI is InChI=1S/C18H27ClN2/c1-2-3-18(14-4-6-15(19)7-5-14)20-16-10-12-21(13-11-16)17-8-9-17/h4-7,16-18,20H,2-3,8-13H2,1H3. The van der Waals surface area contributed by atoms with Gasteiger partial charge >= 0.3 is 0 Å². The highest BCUT2D eigenvalue weighted by Crippen LogP contribution is 2.30. The summed E-state index contributed by atoms with van der Waals surface area (Å²) in [6.07, 6.45) is 7.86. The van der Waals surface area contributed by atoms with E-state index in [0.717, 1.165) is 11.1 Å². The van der Waals surface area contributed by atoms with Crippen LogP contribution in [0.2, 0.25) is 5.02 Å². The van der Waals surface area contributed by atoms with Gasteiger partial charge in [-0.15, -0.1) is 0 Å². The zero-order valence-electron chi connectivity index (χ0n) is 13.0. The fraction of sp³-hybridized carbons (Fsp3) is 0.667. The number of benzene rings is 1. The van der Waals surface area contributed by atoms with Crippen LogP contribution in [0, 0.1) is 0 Å². The van der Waals surface area contributed by atoms with Crippen molar-refractivity contribution < 1.29 is 0 Å². The molecule has 1 unspecified atom stereocenters. The molecule has 1 saturated carbocycles. The second-order valence-corrected chi connectivity index (χ2v) is 7.04. The van der Waals surface area contributed by atoms with Crippen LogP contribution < -0.4 is 5.32 Å². The first kappa shape index (κ1) is 15.3. The largest absolute Gasteiger partial charge is 0.307 e. The molecule has 2 fully saturated rings. The minimum Gasteiger partial charge on any atom is -0.307 e. The molecule has 0 amide bonds. The smallest absolute Gasteiger partial charge is 0.0406 e. The highest BCUT2D eigenvalue weighted by atomic mass is 35.5. The molecule has 1 aromatic carbocycles. The third kappa shape index (κ3) is 4.21. The molecule has 1 aliphatic heterocycles. The number of hydrogen-bond acceptors (Lipinski definition) is 2. The van der Waals surface area contributed by atoms with Crippen LogP contribution in [0.15, 0.2) is 24.3 Å². The Balaban J connectivity index is 1.56. The Morgan fingerprint density at radius 3 is 2.38 bits per heavy atom. The van der Waals surface area contributed by atoms with Crippen molar-refractivity contribution in [1.29, 1.82) is 0 Å². The summed E-state index contributed by atoms with van der Waals surface area (Å²) < 4.78 is 0. The second-order valence-electron chi connectivity index (χ2n) is 6.60. The van der Waals surface area contributed by atoms with Crippen LogP contribution >= 0.6 is 11.6 Å². The zero-order chi connectivity index (χ0) is 14.7. The van der Waals surface area contributed by atoms with Gasteiger partial charge in [-0.1, -0.05) is 37.1 Å². The van der Waals surface area contributed by atoms with Gasteiger partial charge in [0.05, 0.1) is 0 Å². The van der Waals surface area contributed by atoms with Crippen LogP contribution in [0.3, 0.4) is 0 Å². The predicted octanol–water partition coefficient (Wildman–Crippen LogP) is 4.40. The maximum absolute atomic E-state index is 6.01. The van der Waals surface area contributed by atoms with Gasteiger partial charge in [0.15, 0.2) is 0 Å². The lowest BCUT2D eigenvalue weighted by molar-refractivity contribution is 0.181. The maximum Gasteiger partial charge on any atom is 0.0406 e. The SMILES string of the molecule is CCCC(NC1CCN(C2CC2)CC1)c1ccc(Cl)cc1. The summed E-state index contributed by atoms with van der Waals surface area (Å²) in [4.78, 5) is 2.69. The molecule has 0 spiro atoms. The van der Waals surface area contributed by atoms with Gasteiger partial charge in [-0.3, -0.25) is 0 Å². The number of likely N-dealkylation sites (tertiary alicyclic amines) is 1. The Morgan fingerprint density at radius 2 is 1.81 bits per heavy atom. The maximum atomic E-state index is 6.01. The van der Waals surface area contributed by atoms with Crippen LogP contribution in [0.4, 0.5) is 0 Å². The molecule has 2 aliphatic rings. The van der Waals surface area contributed by atoms with Crippen LogP contribution in [-0.4, -0.2) is 30.1 Å². The number of nitrogens with zero attached hydrogens (tertiary/aromatic N) is 1. The molecule has 21 heavy (non-hydrogen) atoms. The third-order valence-corrected chi connectivity index (χ3v) is 5.13. The van der Waals surface area contributed by atoms with Crippen molar-refractivity contribution in [3.05, 3.63) is 34.9 Å². The first-order valence-electron chi connectivity index (χ1n) is 8.52. The van der Waals surface area contributed by atoms with E-state index in [1.165, 1.54) is 57.2 Å².